The monoisotopic (exact) mass is 345 g/mol. The average Bonchev–Trinajstić information content (AvgIpc) is 2.98. The summed E-state index contributed by atoms with van der Waals surface area (Å²) in [6.07, 6.45) is 0.725. The number of rotatable bonds is 3. The Morgan fingerprint density at radius 2 is 2.05 bits per heavy atom. The predicted octanol–water partition coefficient (Wildman–Crippen LogP) is 3.74. The first-order chi connectivity index (χ1) is 9.52. The van der Waals surface area contributed by atoms with Gasteiger partial charge in [0.25, 0.3) is 0 Å². The second-order valence-electron chi connectivity index (χ2n) is 4.65. The van der Waals surface area contributed by atoms with Gasteiger partial charge in [-0.05, 0) is 18.6 Å². The first-order valence-corrected chi connectivity index (χ1v) is 10.1. The molecule has 1 aromatic heterocycles. The van der Waals surface area contributed by atoms with E-state index in [0.717, 1.165) is 22.0 Å². The second kappa shape index (κ2) is 5.67. The van der Waals surface area contributed by atoms with Gasteiger partial charge >= 0.3 is 0 Å². The Kier molecular flexibility index (Phi) is 4.08. The number of sulfone groups is 1. The predicted molar refractivity (Wildman–Crippen MR) is 85.5 cm³/mol. The summed E-state index contributed by atoms with van der Waals surface area (Å²) < 4.78 is 23.8. The molecule has 0 radical (unpaired) electrons. The van der Waals surface area contributed by atoms with Gasteiger partial charge in [0.05, 0.1) is 17.2 Å². The quantitative estimate of drug-likeness (QED) is 0.850. The van der Waals surface area contributed by atoms with Gasteiger partial charge in [0.15, 0.2) is 14.2 Å². The molecule has 1 fully saturated rings. The van der Waals surface area contributed by atoms with Gasteiger partial charge in [0.1, 0.15) is 0 Å². The first kappa shape index (κ1) is 14.4. The second-order valence-corrected chi connectivity index (χ2v) is 9.72. The molecule has 0 unspecified atom stereocenters. The number of benzene rings is 1. The zero-order chi connectivity index (χ0) is 14.2. The molecule has 0 N–H and O–H groups in total. The van der Waals surface area contributed by atoms with E-state index in [1.807, 2.05) is 29.6 Å². The largest absolute Gasteiger partial charge is 0.230 e. The van der Waals surface area contributed by atoms with Gasteiger partial charge in [-0.2, -0.15) is 0 Å². The van der Waals surface area contributed by atoms with Crippen LogP contribution in [0.25, 0.3) is 11.3 Å². The number of thiazole rings is 1. The van der Waals surface area contributed by atoms with Crippen molar-refractivity contribution in [3.05, 3.63) is 34.7 Å². The minimum Gasteiger partial charge on any atom is -0.230 e. The maximum Gasteiger partial charge on any atom is 0.151 e. The van der Waals surface area contributed by atoms with Crippen molar-refractivity contribution >= 4 is 44.5 Å². The molecule has 1 aromatic carbocycles. The molecule has 0 aliphatic carbocycles. The van der Waals surface area contributed by atoms with Crippen LogP contribution in [0, 0.1) is 0 Å². The van der Waals surface area contributed by atoms with Crippen LogP contribution in [0.1, 0.15) is 6.42 Å². The maximum absolute atomic E-state index is 11.4. The fourth-order valence-electron chi connectivity index (χ4n) is 2.06. The van der Waals surface area contributed by atoms with Gasteiger partial charge in [-0.1, -0.05) is 35.5 Å². The number of halogens is 1. The summed E-state index contributed by atoms with van der Waals surface area (Å²) in [6.45, 7) is 0. The highest BCUT2D eigenvalue weighted by molar-refractivity contribution is 8.03. The van der Waals surface area contributed by atoms with Crippen molar-refractivity contribution in [2.24, 2.45) is 0 Å². The molecule has 2 heterocycles. The van der Waals surface area contributed by atoms with Crippen LogP contribution < -0.4 is 0 Å². The van der Waals surface area contributed by atoms with Gasteiger partial charge in [-0.15, -0.1) is 11.3 Å². The summed E-state index contributed by atoms with van der Waals surface area (Å²) in [5.41, 5.74) is 1.94. The molecule has 0 amide bonds. The fraction of sp³-hybridized carbons (Fsp3) is 0.308. The molecule has 2 aromatic rings. The number of nitrogens with zero attached hydrogens (tertiary/aromatic N) is 1. The molecule has 1 saturated heterocycles. The lowest BCUT2D eigenvalue weighted by molar-refractivity contribution is 0.602. The van der Waals surface area contributed by atoms with Crippen molar-refractivity contribution in [1.29, 1.82) is 0 Å². The number of aromatic nitrogens is 1. The van der Waals surface area contributed by atoms with Crippen LogP contribution in [0.4, 0.5) is 0 Å². The number of hydrogen-bond acceptors (Lipinski definition) is 5. The normalized spacial score (nSPS) is 21.1. The van der Waals surface area contributed by atoms with E-state index in [4.69, 9.17) is 11.6 Å². The molecule has 1 atom stereocenters. The molecule has 3 nitrogen and oxygen atoms in total. The summed E-state index contributed by atoms with van der Waals surface area (Å²) in [4.78, 5) is 4.56. The van der Waals surface area contributed by atoms with Crippen LogP contribution in [-0.2, 0) is 9.84 Å². The van der Waals surface area contributed by atoms with E-state index in [-0.39, 0.29) is 11.0 Å². The van der Waals surface area contributed by atoms with Crippen LogP contribution >= 0.6 is 34.7 Å². The van der Waals surface area contributed by atoms with E-state index in [1.54, 1.807) is 23.1 Å². The average molecular weight is 346 g/mol. The fourth-order valence-corrected chi connectivity index (χ4v) is 6.77. The van der Waals surface area contributed by atoms with E-state index < -0.39 is 9.84 Å². The molecule has 20 heavy (non-hydrogen) atoms. The van der Waals surface area contributed by atoms with Crippen LogP contribution in [-0.4, -0.2) is 30.2 Å². The van der Waals surface area contributed by atoms with Crippen molar-refractivity contribution in [3.8, 4) is 11.3 Å². The Bertz CT molecular complexity index is 709. The molecule has 1 aliphatic heterocycles. The van der Waals surface area contributed by atoms with Crippen LogP contribution in [0.2, 0.25) is 5.02 Å². The molecule has 0 saturated carbocycles. The van der Waals surface area contributed by atoms with Gasteiger partial charge in [-0.3, -0.25) is 0 Å². The topological polar surface area (TPSA) is 47.0 Å². The van der Waals surface area contributed by atoms with Crippen molar-refractivity contribution in [1.82, 2.24) is 4.98 Å². The Balaban J connectivity index is 1.73. The maximum atomic E-state index is 11.4. The molecular formula is C13H12ClNO2S3. The highest BCUT2D eigenvalue weighted by Gasteiger charge is 2.29. The van der Waals surface area contributed by atoms with E-state index in [0.29, 0.717) is 10.8 Å². The van der Waals surface area contributed by atoms with E-state index >= 15 is 0 Å². The third-order valence-electron chi connectivity index (χ3n) is 3.08. The summed E-state index contributed by atoms with van der Waals surface area (Å²) in [7, 11) is -2.82. The Morgan fingerprint density at radius 1 is 1.30 bits per heavy atom. The summed E-state index contributed by atoms with van der Waals surface area (Å²) in [6, 6.07) is 7.55. The Labute approximate surface area is 131 Å². The lowest BCUT2D eigenvalue weighted by Crippen LogP contribution is -2.05. The summed E-state index contributed by atoms with van der Waals surface area (Å²) in [5.74, 6) is 0.577. The molecular weight excluding hydrogens is 334 g/mol. The third kappa shape index (κ3) is 3.36. The van der Waals surface area contributed by atoms with Crippen LogP contribution in [0.3, 0.4) is 0 Å². The SMILES string of the molecule is O=S1(=O)CC[C@H](Sc2nc(-c3ccc(Cl)cc3)cs2)C1. The zero-order valence-corrected chi connectivity index (χ0v) is 13.7. The molecule has 1 aliphatic rings. The van der Waals surface area contributed by atoms with Crippen molar-refractivity contribution in [2.75, 3.05) is 11.5 Å². The van der Waals surface area contributed by atoms with Crippen molar-refractivity contribution in [2.45, 2.75) is 16.0 Å². The zero-order valence-electron chi connectivity index (χ0n) is 10.5. The van der Waals surface area contributed by atoms with Gasteiger partial charge in [0, 0.05) is 21.2 Å². The summed E-state index contributed by atoms with van der Waals surface area (Å²) >= 11 is 9.00. The lowest BCUT2D eigenvalue weighted by atomic mass is 10.2. The minimum atomic E-state index is -2.82. The Morgan fingerprint density at radius 3 is 2.70 bits per heavy atom. The first-order valence-electron chi connectivity index (χ1n) is 6.10. The minimum absolute atomic E-state index is 0.143. The van der Waals surface area contributed by atoms with Gasteiger partial charge in [-0.25, -0.2) is 13.4 Å². The van der Waals surface area contributed by atoms with E-state index in [2.05, 4.69) is 4.98 Å². The van der Waals surface area contributed by atoms with Crippen molar-refractivity contribution in [3.63, 3.8) is 0 Å². The van der Waals surface area contributed by atoms with Crippen LogP contribution in [0.5, 0.6) is 0 Å². The van der Waals surface area contributed by atoms with Gasteiger partial charge < -0.3 is 0 Å². The Hall–Kier alpha value is -0.560. The standard InChI is InChI=1S/C13H12ClNO2S3/c14-10-3-1-9(2-4-10)12-7-18-13(15-12)19-11-5-6-20(16,17)8-11/h1-4,7,11H,5-6,8H2/t11-/m0/s1. The number of thioether (sulfide) groups is 1. The van der Waals surface area contributed by atoms with Crippen molar-refractivity contribution < 1.29 is 8.42 Å². The third-order valence-corrected chi connectivity index (χ3v) is 7.55. The molecule has 0 spiro atoms. The van der Waals surface area contributed by atoms with E-state index in [1.165, 1.54) is 0 Å². The highest BCUT2D eigenvalue weighted by atomic mass is 35.5. The van der Waals surface area contributed by atoms with Crippen LogP contribution in [0.15, 0.2) is 34.0 Å². The molecule has 7 heteroatoms. The van der Waals surface area contributed by atoms with Gasteiger partial charge in [0.2, 0.25) is 0 Å². The highest BCUT2D eigenvalue weighted by Crippen LogP contribution is 2.35. The summed E-state index contributed by atoms with van der Waals surface area (Å²) in [5, 5.41) is 2.84. The smallest absolute Gasteiger partial charge is 0.151 e. The number of hydrogen-bond donors (Lipinski definition) is 0. The lowest BCUT2D eigenvalue weighted by Gasteiger charge is -2.03. The molecule has 0 bridgehead atoms. The molecule has 3 rings (SSSR count). The molecule has 106 valence electrons. The van der Waals surface area contributed by atoms with E-state index in [9.17, 15) is 8.42 Å².